The largest absolute Gasteiger partial charge is 0.354 e. The van der Waals surface area contributed by atoms with Crippen molar-refractivity contribution < 1.29 is 0 Å². The van der Waals surface area contributed by atoms with Crippen molar-refractivity contribution >= 4 is 64.1 Å². The van der Waals surface area contributed by atoms with Crippen LogP contribution in [0.15, 0.2) is 72.8 Å². The number of benzene rings is 4. The Hall–Kier alpha value is -2.84. The van der Waals surface area contributed by atoms with E-state index in [-0.39, 0.29) is 0 Å². The van der Waals surface area contributed by atoms with Gasteiger partial charge in [-0.1, -0.05) is 42.5 Å². The van der Waals surface area contributed by atoms with E-state index in [1.54, 1.807) is 0 Å². The quantitative estimate of drug-likeness (QED) is 0.315. The maximum atomic E-state index is 3.57. The molecule has 4 aromatic carbocycles. The predicted molar refractivity (Wildman–Crippen MR) is 106 cm³/mol. The molecule has 0 unspecified atom stereocenters. The molecule has 0 radical (unpaired) electrons. The zero-order valence-electron chi connectivity index (χ0n) is 12.8. The molecule has 0 fully saturated rings. The number of nitrogens with one attached hydrogen (secondary N) is 1. The summed E-state index contributed by atoms with van der Waals surface area (Å²) in [5, 5.41) is 8.03. The molecular weight excluding hydrogens is 310 g/mol. The maximum absolute atomic E-state index is 3.57. The number of hydrogen-bond acceptors (Lipinski definition) is 1. The van der Waals surface area contributed by atoms with Crippen molar-refractivity contribution in [3.05, 3.63) is 72.8 Å². The maximum Gasteiger partial charge on any atom is 0.0472 e. The van der Waals surface area contributed by atoms with Gasteiger partial charge in [-0.3, -0.25) is 0 Å². The summed E-state index contributed by atoms with van der Waals surface area (Å²) in [7, 11) is 0. The fourth-order valence-corrected chi connectivity index (χ4v) is 5.04. The second kappa shape index (κ2) is 4.37. The fourth-order valence-electron chi connectivity index (χ4n) is 3.89. The van der Waals surface area contributed by atoms with E-state index in [0.29, 0.717) is 0 Å². The van der Waals surface area contributed by atoms with Gasteiger partial charge < -0.3 is 4.98 Å². The molecule has 0 saturated carbocycles. The number of H-pyrrole nitrogens is 1. The van der Waals surface area contributed by atoms with Gasteiger partial charge in [0.15, 0.2) is 0 Å². The van der Waals surface area contributed by atoms with Crippen LogP contribution < -0.4 is 0 Å². The molecule has 2 heteroatoms. The third kappa shape index (κ3) is 1.53. The van der Waals surface area contributed by atoms with E-state index < -0.39 is 0 Å². The molecule has 0 saturated heterocycles. The predicted octanol–water partition coefficient (Wildman–Crippen LogP) is 6.84. The molecule has 0 aliphatic heterocycles. The van der Waals surface area contributed by atoms with Crippen molar-refractivity contribution in [3.8, 4) is 0 Å². The summed E-state index contributed by atoms with van der Waals surface area (Å²) in [4.78, 5) is 3.57. The summed E-state index contributed by atoms with van der Waals surface area (Å²) in [6, 6.07) is 26.4. The third-order valence-corrected chi connectivity index (χ3v) is 6.09. The van der Waals surface area contributed by atoms with Crippen molar-refractivity contribution in [1.82, 2.24) is 4.98 Å². The van der Waals surface area contributed by atoms with Gasteiger partial charge in [0, 0.05) is 42.0 Å². The Bertz CT molecular complexity index is 1400. The second-order valence-electron chi connectivity index (χ2n) is 6.33. The van der Waals surface area contributed by atoms with Gasteiger partial charge in [0.05, 0.1) is 0 Å². The summed E-state index contributed by atoms with van der Waals surface area (Å²) < 4.78 is 2.72. The number of fused-ring (bicyclic) bond motifs is 8. The van der Waals surface area contributed by atoms with Crippen molar-refractivity contribution in [2.24, 2.45) is 0 Å². The summed E-state index contributed by atoms with van der Waals surface area (Å²) in [6.07, 6.45) is 0. The average Bonchev–Trinajstić information content (AvgIpc) is 3.16. The van der Waals surface area contributed by atoms with Crippen LogP contribution in [0.2, 0.25) is 0 Å². The molecular formula is C22H13NS. The number of rotatable bonds is 0. The van der Waals surface area contributed by atoms with Gasteiger partial charge in [0.2, 0.25) is 0 Å². The standard InChI is InChI=1S/C22H13NS/c1-2-6-14-12-20-16(11-13(14)5-1)22-19(24-20)10-9-18-21(22)15-7-3-4-8-17(15)23-18/h1-12,23H. The van der Waals surface area contributed by atoms with Gasteiger partial charge in [-0.2, -0.15) is 0 Å². The molecule has 1 nitrogen and oxygen atoms in total. The number of aromatic amines is 1. The van der Waals surface area contributed by atoms with Gasteiger partial charge in [0.1, 0.15) is 0 Å². The van der Waals surface area contributed by atoms with E-state index in [1.807, 2.05) is 11.3 Å². The Balaban J connectivity index is 1.93. The second-order valence-corrected chi connectivity index (χ2v) is 7.41. The average molecular weight is 323 g/mol. The lowest BCUT2D eigenvalue weighted by molar-refractivity contribution is 1.55. The molecule has 24 heavy (non-hydrogen) atoms. The molecule has 2 aromatic heterocycles. The minimum absolute atomic E-state index is 1.21. The van der Waals surface area contributed by atoms with Crippen molar-refractivity contribution in [3.63, 3.8) is 0 Å². The summed E-state index contributed by atoms with van der Waals surface area (Å²) in [6.45, 7) is 0. The van der Waals surface area contributed by atoms with E-state index in [1.165, 1.54) is 52.8 Å². The van der Waals surface area contributed by atoms with Gasteiger partial charge in [-0.25, -0.2) is 0 Å². The Labute approximate surface area is 142 Å². The minimum atomic E-state index is 1.21. The first-order valence-electron chi connectivity index (χ1n) is 8.13. The van der Waals surface area contributed by atoms with Gasteiger partial charge in [0.25, 0.3) is 0 Å². The molecule has 6 rings (SSSR count). The first kappa shape index (κ1) is 12.6. The first-order chi connectivity index (χ1) is 11.9. The highest BCUT2D eigenvalue weighted by Gasteiger charge is 2.13. The fraction of sp³-hybridized carbons (Fsp3) is 0. The van der Waals surface area contributed by atoms with Crippen LogP contribution in [-0.4, -0.2) is 4.98 Å². The third-order valence-electron chi connectivity index (χ3n) is 4.97. The van der Waals surface area contributed by atoms with Crippen LogP contribution in [0.1, 0.15) is 0 Å². The summed E-state index contributed by atoms with van der Waals surface area (Å²) in [5.74, 6) is 0. The van der Waals surface area contributed by atoms with Gasteiger partial charge >= 0.3 is 0 Å². The van der Waals surface area contributed by atoms with E-state index in [2.05, 4.69) is 77.8 Å². The number of hydrogen-bond donors (Lipinski definition) is 1. The SMILES string of the molecule is c1ccc2cc3c(cc2c1)sc1ccc2[nH]c4ccccc4c2c13. The zero-order chi connectivity index (χ0) is 15.7. The zero-order valence-corrected chi connectivity index (χ0v) is 13.7. The van der Waals surface area contributed by atoms with Crippen LogP contribution in [0.4, 0.5) is 0 Å². The molecule has 0 amide bonds. The highest BCUT2D eigenvalue weighted by atomic mass is 32.1. The van der Waals surface area contributed by atoms with Crippen LogP contribution in [0.3, 0.4) is 0 Å². The molecule has 2 heterocycles. The van der Waals surface area contributed by atoms with Crippen LogP contribution in [0.25, 0.3) is 52.8 Å². The number of para-hydroxylation sites is 1. The Kier molecular flexibility index (Phi) is 2.29. The van der Waals surface area contributed by atoms with E-state index in [0.717, 1.165) is 0 Å². The monoisotopic (exact) mass is 323 g/mol. The number of thiophene rings is 1. The van der Waals surface area contributed by atoms with Gasteiger partial charge in [-0.05, 0) is 41.1 Å². The highest BCUT2D eigenvalue weighted by molar-refractivity contribution is 7.26. The highest BCUT2D eigenvalue weighted by Crippen LogP contribution is 2.42. The summed E-state index contributed by atoms with van der Waals surface area (Å²) >= 11 is 1.89. The first-order valence-corrected chi connectivity index (χ1v) is 8.94. The molecule has 0 aliphatic carbocycles. The molecule has 0 bridgehead atoms. The van der Waals surface area contributed by atoms with E-state index >= 15 is 0 Å². The van der Waals surface area contributed by atoms with Crippen molar-refractivity contribution in [2.45, 2.75) is 0 Å². The summed E-state index contributed by atoms with van der Waals surface area (Å²) in [5.41, 5.74) is 2.43. The van der Waals surface area contributed by atoms with Crippen LogP contribution >= 0.6 is 11.3 Å². The Morgan fingerprint density at radius 3 is 2.29 bits per heavy atom. The lowest BCUT2D eigenvalue weighted by Crippen LogP contribution is -1.73. The van der Waals surface area contributed by atoms with Crippen molar-refractivity contribution in [1.29, 1.82) is 0 Å². The molecule has 0 aliphatic rings. The topological polar surface area (TPSA) is 15.8 Å². The lowest BCUT2D eigenvalue weighted by Gasteiger charge is -1.99. The van der Waals surface area contributed by atoms with E-state index in [4.69, 9.17) is 0 Å². The van der Waals surface area contributed by atoms with Crippen LogP contribution in [0.5, 0.6) is 0 Å². The minimum Gasteiger partial charge on any atom is -0.354 e. The molecule has 1 N–H and O–H groups in total. The van der Waals surface area contributed by atoms with Gasteiger partial charge in [-0.15, -0.1) is 11.3 Å². The number of aromatic nitrogens is 1. The lowest BCUT2D eigenvalue weighted by atomic mass is 10.0. The molecule has 0 atom stereocenters. The normalized spacial score (nSPS) is 12.2. The molecule has 112 valence electrons. The smallest absolute Gasteiger partial charge is 0.0472 e. The Morgan fingerprint density at radius 2 is 1.38 bits per heavy atom. The Morgan fingerprint density at radius 1 is 0.583 bits per heavy atom. The van der Waals surface area contributed by atoms with Crippen molar-refractivity contribution in [2.75, 3.05) is 0 Å². The molecule has 0 spiro atoms. The molecule has 6 aromatic rings. The van der Waals surface area contributed by atoms with Crippen LogP contribution in [-0.2, 0) is 0 Å². The van der Waals surface area contributed by atoms with E-state index in [9.17, 15) is 0 Å². The van der Waals surface area contributed by atoms with Crippen LogP contribution in [0, 0.1) is 0 Å².